The summed E-state index contributed by atoms with van der Waals surface area (Å²) in [6.45, 7) is 38.8. The van der Waals surface area contributed by atoms with Crippen molar-refractivity contribution in [2.24, 2.45) is 17.8 Å². The molecule has 0 amide bonds. The first-order valence-corrected chi connectivity index (χ1v) is 39.9. The smallest absolute Gasteiger partial charge is 0.197 e. The first kappa shape index (κ1) is 90.2. The fraction of sp³-hybridized carbons (Fsp3) is 0.307. The highest BCUT2D eigenvalue weighted by Gasteiger charge is 2.39. The van der Waals surface area contributed by atoms with Crippen molar-refractivity contribution in [1.29, 1.82) is 0 Å². The lowest BCUT2D eigenvalue weighted by atomic mass is 9.87. The van der Waals surface area contributed by atoms with Crippen LogP contribution in [0.25, 0.3) is 28.9 Å². The summed E-state index contributed by atoms with van der Waals surface area (Å²) in [6.07, 6.45) is 10.1. The summed E-state index contributed by atoms with van der Waals surface area (Å²) in [5.74, 6) is 11.6. The van der Waals surface area contributed by atoms with Crippen molar-refractivity contribution >= 4 is 28.9 Å². The third-order valence-corrected chi connectivity index (χ3v) is 18.8. The van der Waals surface area contributed by atoms with Crippen LogP contribution < -0.4 is 47.4 Å². The highest BCUT2D eigenvalue weighted by atomic mass is 16.7. The minimum atomic E-state index is -0.361. The van der Waals surface area contributed by atoms with Crippen LogP contribution in [0.15, 0.2) is 294 Å². The summed E-state index contributed by atoms with van der Waals surface area (Å²) in [6, 6.07) is 83.7. The molecule has 0 aliphatic heterocycles. The Bertz CT molecular complexity index is 4390. The molecule has 612 valence electrons. The maximum absolute atomic E-state index is 5.83. The number of ether oxygens (including phenoxy) is 15. The zero-order valence-electron chi connectivity index (χ0n) is 69.2. The Hall–Kier alpha value is -11.3. The van der Waals surface area contributed by atoms with Gasteiger partial charge in [-0.15, -0.1) is 0 Å². The number of hydrogen-bond acceptors (Lipinski definition) is 15. The monoisotopic (exact) mass is 1570 g/mol. The van der Waals surface area contributed by atoms with Gasteiger partial charge in [0.15, 0.2) is 31.5 Å². The first-order valence-electron chi connectivity index (χ1n) is 39.9. The predicted molar refractivity (Wildman–Crippen MR) is 469 cm³/mol. The van der Waals surface area contributed by atoms with Gasteiger partial charge in [0, 0.05) is 0 Å². The van der Waals surface area contributed by atoms with Gasteiger partial charge in [0.1, 0.15) is 83.1 Å². The number of hydrogen-bond donors (Lipinski definition) is 0. The van der Waals surface area contributed by atoms with Gasteiger partial charge in [0.25, 0.3) is 0 Å². The number of benzene rings is 10. The maximum Gasteiger partial charge on any atom is 0.197 e. The normalized spacial score (nSPS) is 14.7. The van der Waals surface area contributed by atoms with Gasteiger partial charge in [0.05, 0.1) is 40.1 Å². The molecule has 0 aromatic heterocycles. The van der Waals surface area contributed by atoms with Crippen LogP contribution in [-0.4, -0.2) is 91.4 Å². The number of fused-ring (bicyclic) bond motifs is 2. The molecule has 10 aromatic rings. The van der Waals surface area contributed by atoms with Crippen LogP contribution in [0.3, 0.4) is 0 Å². The third kappa shape index (κ3) is 34.8. The number of rotatable bonds is 41. The zero-order chi connectivity index (χ0) is 82.5. The van der Waals surface area contributed by atoms with Crippen molar-refractivity contribution in [2.45, 2.75) is 125 Å². The van der Waals surface area contributed by atoms with Gasteiger partial charge >= 0.3 is 0 Å². The quantitative estimate of drug-likeness (QED) is 0.0265. The summed E-state index contributed by atoms with van der Waals surface area (Å²) >= 11 is 0. The molecule has 8 atom stereocenters. The van der Waals surface area contributed by atoms with Crippen molar-refractivity contribution in [2.75, 3.05) is 60.0 Å². The molecule has 2 saturated carbocycles. The summed E-state index contributed by atoms with van der Waals surface area (Å²) < 4.78 is 84.7. The highest BCUT2D eigenvalue weighted by molar-refractivity contribution is 5.63. The fourth-order valence-electron chi connectivity index (χ4n) is 12.6. The van der Waals surface area contributed by atoms with Crippen LogP contribution in [0.4, 0.5) is 0 Å². The second-order valence-corrected chi connectivity index (χ2v) is 28.1. The van der Waals surface area contributed by atoms with Crippen molar-refractivity contribution < 1.29 is 71.1 Å². The van der Waals surface area contributed by atoms with E-state index in [4.69, 9.17) is 71.1 Å². The van der Waals surface area contributed by atoms with E-state index >= 15 is 0 Å². The molecule has 2 bridgehead atoms. The summed E-state index contributed by atoms with van der Waals surface area (Å²) in [7, 11) is 1.64. The van der Waals surface area contributed by atoms with Crippen LogP contribution in [0, 0.1) is 17.8 Å². The van der Waals surface area contributed by atoms with E-state index in [1.165, 1.54) is 37.7 Å². The third-order valence-electron chi connectivity index (χ3n) is 18.8. The maximum atomic E-state index is 5.83. The SMILES string of the molecule is C=C(C)c1ccc(OC(C)OCCOc2ccc(OC)cc2)cc1.C=C(C)c1ccc(OC(C)OCCOc2ccccc2)cc1.C=C(C)c1ccc(OC(C)OCCc2ccccc2)cc1.C=Cc1ccc(OC(C)OCCC2CC3CCC2C3)cc1.C=Cc1ccc(OC(C)OCCOc2ccc(Oc3ccccc3)cc2)cc1. The average Bonchev–Trinajstić information content (AvgIpc) is 1.68. The standard InChI is InChI=1S/C24H24O4.C20H24O4.C19H22O3.C19H26O2.C19H22O2/c1-3-20-9-11-23(12-10-20)27-19(2)25-17-18-26-21-13-15-24(16-14-21)28-22-7-5-4-6-8-22;1-15(2)17-5-7-20(8-6-17)24-16(3)22-13-14-23-19-11-9-18(21-4)10-12-19;1-15(2)17-9-11-19(12-10-17)22-16(3)20-13-14-21-18-7-5-4-6-8-18;1-3-15-5-8-19(9-6-15)21-14(2)20-11-10-18-13-16-4-7-17(18)12-16;1-15(2)18-9-11-19(12-10-18)21-16(3)20-14-13-17-7-5-4-6-8-17/h3-16,19H,1,17-18H2,2H3;5-12,16H,1,13-14H2,2-4H3;4-12,16H,1,13-14H2,2-3H3;3,5-6,8-9,14,16-18H,1,4,7,10-13H2,2H3;4-12,16H,1,13-14H2,2-3H3. The van der Waals surface area contributed by atoms with Crippen LogP contribution >= 0.6 is 0 Å². The highest BCUT2D eigenvalue weighted by Crippen LogP contribution is 2.49. The molecule has 2 aliphatic rings. The second-order valence-electron chi connectivity index (χ2n) is 28.1. The first-order chi connectivity index (χ1) is 56.3. The molecule has 15 heteroatoms. The second kappa shape index (κ2) is 50.8. The van der Waals surface area contributed by atoms with Gasteiger partial charge in [-0.3, -0.25) is 0 Å². The van der Waals surface area contributed by atoms with Crippen LogP contribution in [0.5, 0.6) is 63.2 Å². The van der Waals surface area contributed by atoms with Gasteiger partial charge in [-0.2, -0.15) is 0 Å². The Balaban J connectivity index is 0.000000182. The Morgan fingerprint density at radius 1 is 0.328 bits per heavy atom. The van der Waals surface area contributed by atoms with Gasteiger partial charge in [-0.05, 0) is 272 Å². The Morgan fingerprint density at radius 3 is 0.966 bits per heavy atom. The molecule has 0 N–H and O–H groups in total. The van der Waals surface area contributed by atoms with Gasteiger partial charge in [-0.1, -0.05) is 196 Å². The van der Waals surface area contributed by atoms with E-state index in [1.807, 2.05) is 310 Å². The van der Waals surface area contributed by atoms with Crippen LogP contribution in [-0.2, 0) is 30.1 Å². The lowest BCUT2D eigenvalue weighted by Gasteiger charge is -2.22. The van der Waals surface area contributed by atoms with Crippen LogP contribution in [0.1, 0.15) is 121 Å². The molecule has 0 saturated heterocycles. The average molecular weight is 1570 g/mol. The minimum absolute atomic E-state index is 0.182. The van der Waals surface area contributed by atoms with E-state index in [9.17, 15) is 0 Å². The van der Waals surface area contributed by atoms with E-state index in [0.29, 0.717) is 46.2 Å². The summed E-state index contributed by atoms with van der Waals surface area (Å²) in [5, 5.41) is 0. The van der Waals surface area contributed by atoms with E-state index in [0.717, 1.165) is 139 Å². The molecule has 8 unspecified atom stereocenters. The topological polar surface area (TPSA) is 138 Å². The van der Waals surface area contributed by atoms with Gasteiger partial charge in [0.2, 0.25) is 0 Å². The molecular weight excluding hydrogens is 1450 g/mol. The zero-order valence-corrected chi connectivity index (χ0v) is 69.2. The molecule has 116 heavy (non-hydrogen) atoms. The molecule has 0 radical (unpaired) electrons. The lowest BCUT2D eigenvalue weighted by Crippen LogP contribution is -2.20. The molecule has 12 rings (SSSR count). The van der Waals surface area contributed by atoms with E-state index in [-0.39, 0.29) is 31.5 Å². The Morgan fingerprint density at radius 2 is 0.629 bits per heavy atom. The summed E-state index contributed by atoms with van der Waals surface area (Å²) in [5.41, 5.74) is 9.88. The van der Waals surface area contributed by atoms with Gasteiger partial charge in [-0.25, -0.2) is 0 Å². The van der Waals surface area contributed by atoms with E-state index in [2.05, 4.69) is 45.0 Å². The number of methoxy groups -OCH3 is 1. The predicted octanol–water partition coefficient (Wildman–Crippen LogP) is 24.6. The molecule has 2 fully saturated rings. The largest absolute Gasteiger partial charge is 0.497 e. The lowest BCUT2D eigenvalue weighted by molar-refractivity contribution is -0.0741. The van der Waals surface area contributed by atoms with E-state index < -0.39 is 0 Å². The minimum Gasteiger partial charge on any atom is -0.497 e. The Labute approximate surface area is 689 Å². The molecular formula is C101H118O15. The van der Waals surface area contributed by atoms with Gasteiger partial charge < -0.3 is 71.1 Å². The number of para-hydroxylation sites is 2. The Kier molecular flexibility index (Phi) is 39.5. The molecule has 0 spiro atoms. The van der Waals surface area contributed by atoms with Crippen molar-refractivity contribution in [3.05, 3.63) is 327 Å². The fourth-order valence-corrected chi connectivity index (χ4v) is 12.6. The molecule has 15 nitrogen and oxygen atoms in total. The van der Waals surface area contributed by atoms with Crippen molar-refractivity contribution in [3.8, 4) is 63.2 Å². The van der Waals surface area contributed by atoms with Crippen molar-refractivity contribution in [3.63, 3.8) is 0 Å². The molecule has 10 aromatic carbocycles. The van der Waals surface area contributed by atoms with Crippen LogP contribution in [0.2, 0.25) is 0 Å². The number of allylic oxidation sites excluding steroid dienone is 3. The summed E-state index contributed by atoms with van der Waals surface area (Å²) in [4.78, 5) is 0. The molecule has 2 aliphatic carbocycles. The molecule has 0 heterocycles. The van der Waals surface area contributed by atoms with Crippen molar-refractivity contribution in [1.82, 2.24) is 0 Å². The van der Waals surface area contributed by atoms with E-state index in [1.54, 1.807) is 13.2 Å².